The smallest absolute Gasteiger partial charge is 0.140 e. The second kappa shape index (κ2) is 7.41. The molecule has 20 heavy (non-hydrogen) atoms. The Morgan fingerprint density at radius 1 is 1.40 bits per heavy atom. The Hall–Kier alpha value is -1.39. The molecule has 0 aliphatic heterocycles. The fourth-order valence-corrected chi connectivity index (χ4v) is 2.38. The van der Waals surface area contributed by atoms with E-state index in [0.717, 1.165) is 38.3 Å². The van der Waals surface area contributed by atoms with E-state index in [1.54, 1.807) is 7.11 Å². The third-order valence-corrected chi connectivity index (χ3v) is 3.33. The third-order valence-electron chi connectivity index (χ3n) is 3.33. The summed E-state index contributed by atoms with van der Waals surface area (Å²) in [6.07, 6.45) is 5.09. The number of nitrogens with one attached hydrogen (secondary N) is 1. The fourth-order valence-electron chi connectivity index (χ4n) is 2.38. The van der Waals surface area contributed by atoms with Crippen LogP contribution in [0.5, 0.6) is 0 Å². The van der Waals surface area contributed by atoms with Crippen LogP contribution in [-0.4, -0.2) is 29.8 Å². The van der Waals surface area contributed by atoms with Crippen LogP contribution < -0.4 is 5.32 Å². The van der Waals surface area contributed by atoms with Gasteiger partial charge in [0.25, 0.3) is 0 Å². The van der Waals surface area contributed by atoms with Gasteiger partial charge in [-0.1, -0.05) is 13.8 Å². The lowest BCUT2D eigenvalue weighted by Gasteiger charge is -2.06. The van der Waals surface area contributed by atoms with Gasteiger partial charge in [-0.05, 0) is 36.6 Å². The van der Waals surface area contributed by atoms with Crippen LogP contribution >= 0.6 is 0 Å². The fraction of sp³-hybridized carbons (Fsp3) is 0.562. The minimum atomic E-state index is 0.670. The minimum absolute atomic E-state index is 0.670. The quantitative estimate of drug-likeness (QED) is 0.753. The van der Waals surface area contributed by atoms with Gasteiger partial charge in [0.05, 0.1) is 0 Å². The third kappa shape index (κ3) is 3.81. The average Bonchev–Trinajstić information content (AvgIpc) is 2.78. The molecule has 2 aromatic rings. The van der Waals surface area contributed by atoms with Crippen molar-refractivity contribution in [2.75, 3.05) is 20.3 Å². The maximum absolute atomic E-state index is 5.13. The summed E-state index contributed by atoms with van der Waals surface area (Å²) in [5.41, 5.74) is 2.40. The van der Waals surface area contributed by atoms with Gasteiger partial charge in [0, 0.05) is 44.6 Å². The molecule has 0 unspecified atom stereocenters. The summed E-state index contributed by atoms with van der Waals surface area (Å²) >= 11 is 0. The molecule has 0 aliphatic rings. The molecule has 0 radical (unpaired) electrons. The summed E-state index contributed by atoms with van der Waals surface area (Å²) in [5, 5.41) is 4.76. The van der Waals surface area contributed by atoms with Gasteiger partial charge < -0.3 is 14.6 Å². The zero-order valence-corrected chi connectivity index (χ0v) is 12.7. The molecular weight excluding hydrogens is 250 g/mol. The number of fused-ring (bicyclic) bond motifs is 1. The van der Waals surface area contributed by atoms with Crippen molar-refractivity contribution in [3.05, 3.63) is 30.1 Å². The van der Waals surface area contributed by atoms with E-state index in [1.807, 2.05) is 12.3 Å². The molecule has 110 valence electrons. The van der Waals surface area contributed by atoms with E-state index in [0.29, 0.717) is 5.92 Å². The van der Waals surface area contributed by atoms with E-state index in [9.17, 15) is 0 Å². The van der Waals surface area contributed by atoms with E-state index in [2.05, 4.69) is 41.0 Å². The number of rotatable bonds is 8. The highest BCUT2D eigenvalue weighted by Gasteiger charge is 2.08. The Labute approximate surface area is 121 Å². The molecule has 4 nitrogen and oxygen atoms in total. The largest absolute Gasteiger partial charge is 0.385 e. The Bertz CT molecular complexity index is 534. The maximum atomic E-state index is 5.13. The first-order valence-corrected chi connectivity index (χ1v) is 7.34. The molecule has 0 bridgehead atoms. The molecular formula is C16H25N3O. The van der Waals surface area contributed by atoms with Gasteiger partial charge in [0.1, 0.15) is 5.65 Å². The van der Waals surface area contributed by atoms with Gasteiger partial charge in [-0.15, -0.1) is 0 Å². The average molecular weight is 275 g/mol. The number of pyridine rings is 1. The van der Waals surface area contributed by atoms with E-state index >= 15 is 0 Å². The molecule has 1 N–H and O–H groups in total. The monoisotopic (exact) mass is 275 g/mol. The number of hydrogen-bond acceptors (Lipinski definition) is 3. The summed E-state index contributed by atoms with van der Waals surface area (Å²) < 4.78 is 7.36. The Kier molecular flexibility index (Phi) is 5.56. The molecule has 0 aromatic carbocycles. The van der Waals surface area contributed by atoms with Crippen LogP contribution in [0.2, 0.25) is 0 Å². The van der Waals surface area contributed by atoms with Crippen LogP contribution in [0.25, 0.3) is 11.0 Å². The van der Waals surface area contributed by atoms with Crippen LogP contribution in [0.1, 0.15) is 25.8 Å². The summed E-state index contributed by atoms with van der Waals surface area (Å²) in [6, 6.07) is 4.16. The first kappa shape index (κ1) is 15.0. The van der Waals surface area contributed by atoms with Gasteiger partial charge in [-0.25, -0.2) is 4.98 Å². The molecule has 2 heterocycles. The topological polar surface area (TPSA) is 39.1 Å². The highest BCUT2D eigenvalue weighted by molar-refractivity contribution is 5.80. The standard InChI is InChI=1S/C16H25N3O/c1-13(2)10-17-11-14-12-19(8-5-9-20-3)16-15(14)6-4-7-18-16/h4,6-7,12-13,17H,5,8-11H2,1-3H3. The molecule has 0 aliphatic carbocycles. The van der Waals surface area contributed by atoms with Crippen LogP contribution in [0.3, 0.4) is 0 Å². The van der Waals surface area contributed by atoms with Gasteiger partial charge in [-0.2, -0.15) is 0 Å². The van der Waals surface area contributed by atoms with Crippen molar-refractivity contribution < 1.29 is 4.74 Å². The van der Waals surface area contributed by atoms with E-state index in [-0.39, 0.29) is 0 Å². The zero-order valence-electron chi connectivity index (χ0n) is 12.7. The molecule has 0 amide bonds. The van der Waals surface area contributed by atoms with Crippen LogP contribution in [0.4, 0.5) is 0 Å². The zero-order chi connectivity index (χ0) is 14.4. The van der Waals surface area contributed by atoms with Gasteiger partial charge in [-0.3, -0.25) is 0 Å². The van der Waals surface area contributed by atoms with Crippen molar-refractivity contribution in [1.29, 1.82) is 0 Å². The Balaban J connectivity index is 2.13. The molecule has 2 aromatic heterocycles. The lowest BCUT2D eigenvalue weighted by atomic mass is 10.2. The number of hydrogen-bond donors (Lipinski definition) is 1. The lowest BCUT2D eigenvalue weighted by Crippen LogP contribution is -2.18. The molecule has 0 fully saturated rings. The van der Waals surface area contributed by atoms with Gasteiger partial charge in [0.15, 0.2) is 0 Å². The number of nitrogens with zero attached hydrogens (tertiary/aromatic N) is 2. The molecule has 4 heteroatoms. The highest BCUT2D eigenvalue weighted by Crippen LogP contribution is 2.19. The predicted molar refractivity (Wildman–Crippen MR) is 82.8 cm³/mol. The summed E-state index contributed by atoms with van der Waals surface area (Å²) in [7, 11) is 1.74. The number of aryl methyl sites for hydroxylation is 1. The first-order valence-electron chi connectivity index (χ1n) is 7.34. The normalized spacial score (nSPS) is 11.6. The van der Waals surface area contributed by atoms with Gasteiger partial charge in [0.2, 0.25) is 0 Å². The van der Waals surface area contributed by atoms with Crippen LogP contribution in [-0.2, 0) is 17.8 Å². The van der Waals surface area contributed by atoms with Crippen LogP contribution in [0.15, 0.2) is 24.5 Å². The second-order valence-corrected chi connectivity index (χ2v) is 5.59. The number of methoxy groups -OCH3 is 1. The van der Waals surface area contributed by atoms with Crippen molar-refractivity contribution in [2.45, 2.75) is 33.4 Å². The molecule has 0 saturated heterocycles. The van der Waals surface area contributed by atoms with Gasteiger partial charge >= 0.3 is 0 Å². The predicted octanol–water partition coefficient (Wildman–Crippen LogP) is 2.82. The maximum Gasteiger partial charge on any atom is 0.140 e. The lowest BCUT2D eigenvalue weighted by molar-refractivity contribution is 0.190. The van der Waals surface area contributed by atoms with Crippen molar-refractivity contribution >= 4 is 11.0 Å². The summed E-state index contributed by atoms with van der Waals surface area (Å²) in [4.78, 5) is 4.52. The van der Waals surface area contributed by atoms with Crippen LogP contribution in [0, 0.1) is 5.92 Å². The Morgan fingerprint density at radius 2 is 2.25 bits per heavy atom. The summed E-state index contributed by atoms with van der Waals surface area (Å²) in [6.45, 7) is 8.12. The molecule has 0 spiro atoms. The molecule has 0 atom stereocenters. The highest BCUT2D eigenvalue weighted by atomic mass is 16.5. The van der Waals surface area contributed by atoms with Crippen molar-refractivity contribution in [2.24, 2.45) is 5.92 Å². The number of ether oxygens (including phenoxy) is 1. The van der Waals surface area contributed by atoms with Crippen molar-refractivity contribution in [1.82, 2.24) is 14.9 Å². The first-order chi connectivity index (χ1) is 9.72. The molecule has 2 rings (SSSR count). The minimum Gasteiger partial charge on any atom is -0.385 e. The van der Waals surface area contributed by atoms with Crippen molar-refractivity contribution in [3.63, 3.8) is 0 Å². The Morgan fingerprint density at radius 3 is 3.00 bits per heavy atom. The second-order valence-electron chi connectivity index (χ2n) is 5.59. The molecule has 0 saturated carbocycles. The van der Waals surface area contributed by atoms with E-state index < -0.39 is 0 Å². The SMILES string of the molecule is COCCCn1cc(CNCC(C)C)c2cccnc21. The number of aromatic nitrogens is 2. The van der Waals surface area contributed by atoms with Crippen molar-refractivity contribution in [3.8, 4) is 0 Å². The van der Waals surface area contributed by atoms with E-state index in [4.69, 9.17) is 4.74 Å². The summed E-state index contributed by atoms with van der Waals surface area (Å²) in [5.74, 6) is 0.670. The van der Waals surface area contributed by atoms with E-state index in [1.165, 1.54) is 10.9 Å².